The van der Waals surface area contributed by atoms with Crippen molar-refractivity contribution in [1.82, 2.24) is 24.9 Å². The van der Waals surface area contributed by atoms with Crippen LogP contribution in [-0.4, -0.2) is 29.5 Å². The molecule has 0 saturated carbocycles. The number of aromatic amines is 1. The number of nitrogens with one attached hydrogen (secondary N) is 2. The van der Waals surface area contributed by atoms with Crippen LogP contribution in [0.15, 0.2) is 71.8 Å². The predicted octanol–water partition coefficient (Wildman–Crippen LogP) is 4.99. The summed E-state index contributed by atoms with van der Waals surface area (Å²) < 4.78 is 15.6. The first-order valence-corrected chi connectivity index (χ1v) is 12.8. The lowest BCUT2D eigenvalue weighted by Gasteiger charge is -2.13. The van der Waals surface area contributed by atoms with Gasteiger partial charge in [0.25, 0.3) is 0 Å². The average Bonchev–Trinajstić information content (AvgIpc) is 2.86. The lowest BCUT2D eigenvalue weighted by Crippen LogP contribution is -2.21. The Morgan fingerprint density at radius 1 is 0.972 bits per heavy atom. The minimum absolute atomic E-state index is 0.0171. The van der Waals surface area contributed by atoms with Gasteiger partial charge in [-0.05, 0) is 38.1 Å². The summed E-state index contributed by atoms with van der Waals surface area (Å²) in [5.41, 5.74) is 5.30. The van der Waals surface area contributed by atoms with Crippen molar-refractivity contribution in [3.05, 3.63) is 99.3 Å². The van der Waals surface area contributed by atoms with Crippen molar-refractivity contribution in [1.29, 1.82) is 0 Å². The molecule has 0 saturated heterocycles. The first-order valence-electron chi connectivity index (χ1n) is 11.1. The highest BCUT2D eigenvalue weighted by Gasteiger charge is 2.19. The van der Waals surface area contributed by atoms with Gasteiger partial charge < -0.3 is 9.54 Å². The summed E-state index contributed by atoms with van der Waals surface area (Å²) in [5.74, 6) is -0.0171. The number of rotatable bonds is 6. The Morgan fingerprint density at radius 2 is 1.75 bits per heavy atom. The topological polar surface area (TPSA) is 120 Å². The highest BCUT2D eigenvalue weighted by molar-refractivity contribution is 7.91. The fourth-order valence-electron chi connectivity index (χ4n) is 3.77. The Morgan fingerprint density at radius 3 is 2.47 bits per heavy atom. The molecule has 4 aromatic heterocycles. The molecule has 0 aliphatic heterocycles. The van der Waals surface area contributed by atoms with Crippen LogP contribution in [-0.2, 0) is 17.1 Å². The number of H-pyrrole nitrogens is 1. The number of pyridine rings is 3. The van der Waals surface area contributed by atoms with Gasteiger partial charge in [-0.25, -0.2) is 19.7 Å². The van der Waals surface area contributed by atoms with E-state index in [1.165, 1.54) is 6.20 Å². The molecule has 1 atom stereocenters. The number of fused-ring (bicyclic) bond motifs is 1. The van der Waals surface area contributed by atoms with Crippen LogP contribution in [0.1, 0.15) is 17.0 Å². The van der Waals surface area contributed by atoms with Gasteiger partial charge in [0.15, 0.2) is 16.9 Å². The second kappa shape index (κ2) is 10.1. The number of halogens is 1. The molecule has 0 aliphatic carbocycles. The third-order valence-electron chi connectivity index (χ3n) is 5.46. The lowest BCUT2D eigenvalue weighted by atomic mass is 10.0. The van der Waals surface area contributed by atoms with Gasteiger partial charge in [-0.15, -0.1) is 0 Å². The van der Waals surface area contributed by atoms with E-state index in [1.54, 1.807) is 18.3 Å². The van der Waals surface area contributed by atoms with E-state index in [0.29, 0.717) is 44.7 Å². The molecule has 0 bridgehead atoms. The normalized spacial score (nSPS) is 12.0. The van der Waals surface area contributed by atoms with Gasteiger partial charge >= 0.3 is 0 Å². The van der Waals surface area contributed by atoms with Crippen molar-refractivity contribution in [2.75, 3.05) is 4.72 Å². The Bertz CT molecular complexity index is 1590. The number of aromatic nitrogens is 5. The van der Waals surface area contributed by atoms with Crippen molar-refractivity contribution in [3.8, 4) is 22.5 Å². The molecular formula is C26H21ClN6O2S. The number of aryl methyl sites for hydroxylation is 2. The Kier molecular flexibility index (Phi) is 6.69. The van der Waals surface area contributed by atoms with E-state index in [2.05, 4.69) is 19.7 Å². The molecule has 0 amide bonds. The minimum Gasteiger partial charge on any atom is -0.593 e. The van der Waals surface area contributed by atoms with Crippen LogP contribution in [0, 0.1) is 13.8 Å². The third kappa shape index (κ3) is 5.08. The van der Waals surface area contributed by atoms with Gasteiger partial charge in [0.1, 0.15) is 5.15 Å². The number of anilines is 1. The fraction of sp³-hybridized carbons (Fsp3) is 0.115. The Hall–Kier alpha value is -3.79. The zero-order valence-corrected chi connectivity index (χ0v) is 21.0. The molecule has 0 fully saturated rings. The third-order valence-corrected chi connectivity index (χ3v) is 6.69. The number of nitrogens with zero attached hydrogens (tertiary/aromatic N) is 4. The molecule has 2 N–H and O–H groups in total. The molecule has 1 unspecified atom stereocenters. The molecule has 36 heavy (non-hydrogen) atoms. The van der Waals surface area contributed by atoms with E-state index >= 15 is 0 Å². The average molecular weight is 517 g/mol. The highest BCUT2D eigenvalue weighted by atomic mass is 35.5. The van der Waals surface area contributed by atoms with E-state index < -0.39 is 11.4 Å². The van der Waals surface area contributed by atoms with E-state index in [9.17, 15) is 9.35 Å². The summed E-state index contributed by atoms with van der Waals surface area (Å²) in [6.45, 7) is 3.71. The van der Waals surface area contributed by atoms with E-state index in [-0.39, 0.29) is 16.7 Å². The second-order valence-electron chi connectivity index (χ2n) is 8.23. The predicted molar refractivity (Wildman–Crippen MR) is 143 cm³/mol. The van der Waals surface area contributed by atoms with Crippen LogP contribution < -0.4 is 10.2 Å². The highest BCUT2D eigenvalue weighted by Crippen LogP contribution is 2.31. The summed E-state index contributed by atoms with van der Waals surface area (Å²) in [6.07, 6.45) is 3.14. The summed E-state index contributed by atoms with van der Waals surface area (Å²) in [5, 5.41) is 0.320. The second-order valence-corrected chi connectivity index (χ2v) is 9.80. The first kappa shape index (κ1) is 23.9. The largest absolute Gasteiger partial charge is 0.593 e. The molecule has 4 heterocycles. The molecule has 0 aliphatic rings. The van der Waals surface area contributed by atoms with Gasteiger partial charge in [0.2, 0.25) is 5.43 Å². The maximum atomic E-state index is 13.4. The van der Waals surface area contributed by atoms with Crippen LogP contribution in [0.5, 0.6) is 0 Å². The van der Waals surface area contributed by atoms with Crippen molar-refractivity contribution in [3.63, 3.8) is 0 Å². The number of hydrogen-bond donors (Lipinski definition) is 2. The van der Waals surface area contributed by atoms with Crippen molar-refractivity contribution < 1.29 is 4.55 Å². The van der Waals surface area contributed by atoms with Crippen LogP contribution in [0.4, 0.5) is 5.69 Å². The molecule has 5 rings (SSSR count). The smallest absolute Gasteiger partial charge is 0.217 e. The van der Waals surface area contributed by atoms with Crippen LogP contribution in [0.3, 0.4) is 0 Å². The minimum atomic E-state index is -1.55. The van der Waals surface area contributed by atoms with E-state index in [4.69, 9.17) is 21.6 Å². The Labute approximate surface area is 215 Å². The molecule has 0 spiro atoms. The molecule has 8 nitrogen and oxygen atoms in total. The SMILES string of the molecule is Cc1ccc(N[S+]([O-])Cc2c[nH]c3nc(-c4ccccc4)c(-c4cc(C)nc(Cl)c4)nc3c2=O)cn1. The Balaban J connectivity index is 1.58. The number of benzene rings is 1. The first-order chi connectivity index (χ1) is 17.4. The molecule has 5 aromatic rings. The molecule has 1 aromatic carbocycles. The molecule has 180 valence electrons. The van der Waals surface area contributed by atoms with Gasteiger partial charge in [0.05, 0.1) is 40.2 Å². The summed E-state index contributed by atoms with van der Waals surface area (Å²) in [6, 6.07) is 16.7. The van der Waals surface area contributed by atoms with Crippen molar-refractivity contribution in [2.45, 2.75) is 19.6 Å². The standard InChI is InChI=1S/C26H21ClN6O2S/c1-15-8-9-20(13-28-15)33-36(35)14-19-12-29-26-24(25(19)34)31-23(18-10-16(2)30-21(27)11-18)22(32-26)17-6-4-3-5-7-17/h3-13,33H,14H2,1-2H3,(H,29,32,34). The van der Waals surface area contributed by atoms with Crippen LogP contribution in [0.25, 0.3) is 33.7 Å². The fourth-order valence-corrected chi connectivity index (χ4v) is 4.98. The summed E-state index contributed by atoms with van der Waals surface area (Å²) in [7, 11) is 0. The number of hydrogen-bond acceptors (Lipinski definition) is 7. The zero-order valence-electron chi connectivity index (χ0n) is 19.4. The molecule has 0 radical (unpaired) electrons. The van der Waals surface area contributed by atoms with E-state index in [1.807, 2.05) is 56.3 Å². The van der Waals surface area contributed by atoms with Gasteiger partial charge in [-0.2, -0.15) is 0 Å². The van der Waals surface area contributed by atoms with Gasteiger partial charge in [-0.1, -0.05) is 41.9 Å². The molecule has 10 heteroatoms. The van der Waals surface area contributed by atoms with Crippen LogP contribution in [0.2, 0.25) is 5.15 Å². The summed E-state index contributed by atoms with van der Waals surface area (Å²) in [4.78, 5) is 34.4. The quantitative estimate of drug-likeness (QED) is 0.241. The van der Waals surface area contributed by atoms with Gasteiger partial charge in [-0.3, -0.25) is 9.78 Å². The van der Waals surface area contributed by atoms with Gasteiger partial charge in [0, 0.05) is 28.7 Å². The van der Waals surface area contributed by atoms with E-state index in [0.717, 1.165) is 11.3 Å². The van der Waals surface area contributed by atoms with Crippen LogP contribution >= 0.6 is 11.6 Å². The van der Waals surface area contributed by atoms with Crippen molar-refractivity contribution in [2.24, 2.45) is 0 Å². The monoisotopic (exact) mass is 516 g/mol. The molecular weight excluding hydrogens is 496 g/mol. The summed E-state index contributed by atoms with van der Waals surface area (Å²) >= 11 is 4.69. The lowest BCUT2D eigenvalue weighted by molar-refractivity contribution is 0.599. The van der Waals surface area contributed by atoms with Crippen molar-refractivity contribution >= 4 is 39.8 Å². The maximum Gasteiger partial charge on any atom is 0.217 e. The maximum absolute atomic E-state index is 13.4. The zero-order chi connectivity index (χ0) is 25.2.